The minimum absolute atomic E-state index is 0.0399. The molecular formula is C21H12F6N4O3. The fourth-order valence-corrected chi connectivity index (χ4v) is 2.98. The zero-order chi connectivity index (χ0) is 24.7. The van der Waals surface area contributed by atoms with Crippen LogP contribution in [0.1, 0.15) is 17.0 Å². The van der Waals surface area contributed by atoms with E-state index in [4.69, 9.17) is 0 Å². The summed E-state index contributed by atoms with van der Waals surface area (Å²) in [6.07, 6.45) is -9.27. The summed E-state index contributed by atoms with van der Waals surface area (Å²) in [5.41, 5.74) is -1.55. The fourth-order valence-electron chi connectivity index (χ4n) is 2.98. The van der Waals surface area contributed by atoms with Crippen molar-refractivity contribution in [3.63, 3.8) is 0 Å². The highest BCUT2D eigenvalue weighted by Crippen LogP contribution is 2.31. The molecule has 0 aliphatic heterocycles. The first-order chi connectivity index (χ1) is 15.9. The Balaban J connectivity index is 1.43. The second kappa shape index (κ2) is 8.32. The number of aromatic nitrogens is 2. The minimum atomic E-state index is -4.76. The second-order valence-corrected chi connectivity index (χ2v) is 7.08. The predicted octanol–water partition coefficient (Wildman–Crippen LogP) is 4.73. The summed E-state index contributed by atoms with van der Waals surface area (Å²) in [7, 11) is 0. The molecule has 1 aromatic heterocycles. The van der Waals surface area contributed by atoms with Crippen molar-refractivity contribution in [1.29, 1.82) is 0 Å². The number of hydrogen-bond acceptors (Lipinski definition) is 7. The normalized spacial score (nSPS) is 12.2. The van der Waals surface area contributed by atoms with Crippen molar-refractivity contribution in [2.75, 3.05) is 10.6 Å². The van der Waals surface area contributed by atoms with Crippen LogP contribution in [0, 0.1) is 0 Å². The third-order valence-corrected chi connectivity index (χ3v) is 4.74. The number of rotatable bonds is 6. The molecule has 13 heteroatoms. The first kappa shape index (κ1) is 23.0. The van der Waals surface area contributed by atoms with Gasteiger partial charge in [0.05, 0.1) is 5.56 Å². The summed E-state index contributed by atoms with van der Waals surface area (Å²) < 4.78 is 79.9. The molecule has 0 radical (unpaired) electrons. The number of hydrogen-bond donors (Lipinski definition) is 2. The second-order valence-electron chi connectivity index (χ2n) is 7.08. The number of anilines is 3. The van der Waals surface area contributed by atoms with Crippen LogP contribution in [0.2, 0.25) is 0 Å². The highest BCUT2D eigenvalue weighted by Gasteiger charge is 2.38. The summed E-state index contributed by atoms with van der Waals surface area (Å²) in [5, 5.41) is 8.69. The molecule has 1 heterocycles. The van der Waals surface area contributed by atoms with Crippen LogP contribution in [0.15, 0.2) is 62.6 Å². The molecule has 0 atom stereocenters. The monoisotopic (exact) mass is 482 g/mol. The molecule has 34 heavy (non-hydrogen) atoms. The molecule has 0 spiro atoms. The Hall–Kier alpha value is -4.16. The average Bonchev–Trinajstić information content (AvgIpc) is 3.29. The quantitative estimate of drug-likeness (QED) is 0.303. The molecule has 0 saturated carbocycles. The first-order valence-corrected chi connectivity index (χ1v) is 9.45. The molecule has 0 amide bonds. The van der Waals surface area contributed by atoms with Crippen LogP contribution < -0.4 is 21.5 Å². The van der Waals surface area contributed by atoms with Gasteiger partial charge >= 0.3 is 18.2 Å². The Kier molecular flexibility index (Phi) is 5.63. The molecule has 3 aromatic carbocycles. The van der Waals surface area contributed by atoms with Gasteiger partial charge in [0.15, 0.2) is 0 Å². The van der Waals surface area contributed by atoms with Crippen LogP contribution in [0.25, 0.3) is 11.4 Å². The molecule has 0 saturated heterocycles. The molecule has 7 nitrogen and oxygen atoms in total. The lowest BCUT2D eigenvalue weighted by Crippen LogP contribution is -2.36. The van der Waals surface area contributed by atoms with E-state index in [-0.39, 0.29) is 35.0 Å². The maximum Gasteiger partial charge on any atom is 0.471 e. The molecule has 4 rings (SSSR count). The Labute approximate surface area is 185 Å². The number of halogens is 6. The standard InChI is InChI=1S/C21H12F6N4O3/c22-20(23,24)12-5-7-13(8-6-12)29-15-14(16(32)17(15)33)28-9-10-1-3-11(4-2-10)18-30-19(34-31-18)21(25,26)27/h1-8,28-29H,9H2. The molecular weight excluding hydrogens is 470 g/mol. The highest BCUT2D eigenvalue weighted by atomic mass is 19.4. The third kappa shape index (κ3) is 4.63. The minimum Gasteiger partial charge on any atom is -0.376 e. The summed E-state index contributed by atoms with van der Waals surface area (Å²) in [6.45, 7) is 0.0763. The Morgan fingerprint density at radius 2 is 1.41 bits per heavy atom. The van der Waals surface area contributed by atoms with Gasteiger partial charge in [0.1, 0.15) is 11.4 Å². The van der Waals surface area contributed by atoms with E-state index in [0.717, 1.165) is 24.3 Å². The van der Waals surface area contributed by atoms with E-state index in [2.05, 4.69) is 25.3 Å². The van der Waals surface area contributed by atoms with Crippen molar-refractivity contribution < 1.29 is 30.9 Å². The predicted molar refractivity (Wildman–Crippen MR) is 108 cm³/mol. The lowest BCUT2D eigenvalue weighted by molar-refractivity contribution is -0.159. The molecule has 176 valence electrons. The van der Waals surface area contributed by atoms with Crippen LogP contribution in [-0.2, 0) is 18.9 Å². The number of nitrogens with one attached hydrogen (secondary N) is 2. The maximum absolute atomic E-state index is 12.7. The number of nitrogens with zero attached hydrogens (tertiary/aromatic N) is 2. The van der Waals surface area contributed by atoms with Gasteiger partial charge < -0.3 is 15.2 Å². The van der Waals surface area contributed by atoms with Crippen molar-refractivity contribution in [1.82, 2.24) is 10.1 Å². The Morgan fingerprint density at radius 3 is 1.97 bits per heavy atom. The molecule has 2 N–H and O–H groups in total. The Bertz CT molecular complexity index is 1380. The van der Waals surface area contributed by atoms with Gasteiger partial charge in [-0.15, -0.1) is 0 Å². The van der Waals surface area contributed by atoms with Gasteiger partial charge in [0.2, 0.25) is 5.82 Å². The van der Waals surface area contributed by atoms with Gasteiger partial charge in [0.25, 0.3) is 10.9 Å². The van der Waals surface area contributed by atoms with Crippen LogP contribution in [-0.4, -0.2) is 10.1 Å². The van der Waals surface area contributed by atoms with E-state index >= 15 is 0 Å². The van der Waals surface area contributed by atoms with E-state index in [1.54, 1.807) is 12.1 Å². The maximum atomic E-state index is 12.7. The SMILES string of the molecule is O=c1c(NCc2ccc(-c3noc(C(F)(F)F)n3)cc2)c(Nc2ccc(C(F)(F)F)cc2)c1=O. The topological polar surface area (TPSA) is 97.1 Å². The van der Waals surface area contributed by atoms with Gasteiger partial charge in [-0.05, 0) is 29.8 Å². The van der Waals surface area contributed by atoms with E-state index in [1.165, 1.54) is 12.1 Å². The van der Waals surface area contributed by atoms with Crippen molar-refractivity contribution in [3.05, 3.63) is 86.0 Å². The lowest BCUT2D eigenvalue weighted by atomic mass is 10.1. The molecule has 0 bridgehead atoms. The highest BCUT2D eigenvalue weighted by molar-refractivity contribution is 5.78. The molecule has 4 aromatic rings. The fraction of sp³-hybridized carbons (Fsp3) is 0.143. The van der Waals surface area contributed by atoms with Crippen LogP contribution in [0.5, 0.6) is 0 Å². The van der Waals surface area contributed by atoms with Gasteiger partial charge in [0, 0.05) is 17.8 Å². The summed E-state index contributed by atoms with van der Waals surface area (Å²) in [6, 6.07) is 9.92. The average molecular weight is 482 g/mol. The molecule has 0 fully saturated rings. The van der Waals surface area contributed by atoms with E-state index < -0.39 is 34.7 Å². The van der Waals surface area contributed by atoms with E-state index in [0.29, 0.717) is 5.56 Å². The van der Waals surface area contributed by atoms with Crippen molar-refractivity contribution in [3.8, 4) is 11.4 Å². The first-order valence-electron chi connectivity index (χ1n) is 9.45. The zero-order valence-corrected chi connectivity index (χ0v) is 16.7. The smallest absolute Gasteiger partial charge is 0.376 e. The number of benzene rings is 2. The molecule has 0 unspecified atom stereocenters. The Morgan fingerprint density at radius 1 is 0.794 bits per heavy atom. The van der Waals surface area contributed by atoms with Gasteiger partial charge in [-0.2, -0.15) is 31.3 Å². The van der Waals surface area contributed by atoms with Crippen LogP contribution >= 0.6 is 0 Å². The van der Waals surface area contributed by atoms with Crippen molar-refractivity contribution in [2.45, 2.75) is 18.9 Å². The molecule has 0 aliphatic carbocycles. The summed E-state index contributed by atoms with van der Waals surface area (Å²) in [4.78, 5) is 27.1. The number of alkyl halides is 6. The third-order valence-electron chi connectivity index (χ3n) is 4.74. The van der Waals surface area contributed by atoms with Gasteiger partial charge in [-0.1, -0.05) is 29.4 Å². The molecule has 0 aliphatic rings. The summed E-state index contributed by atoms with van der Waals surface area (Å²) >= 11 is 0. The van der Waals surface area contributed by atoms with Crippen molar-refractivity contribution in [2.24, 2.45) is 0 Å². The van der Waals surface area contributed by atoms with Gasteiger partial charge in [-0.3, -0.25) is 9.59 Å². The zero-order valence-electron chi connectivity index (χ0n) is 16.7. The van der Waals surface area contributed by atoms with E-state index in [9.17, 15) is 35.9 Å². The summed E-state index contributed by atoms with van der Waals surface area (Å²) in [5.74, 6) is -1.72. The van der Waals surface area contributed by atoms with Crippen LogP contribution in [0.3, 0.4) is 0 Å². The van der Waals surface area contributed by atoms with Crippen molar-refractivity contribution >= 4 is 17.1 Å². The largest absolute Gasteiger partial charge is 0.471 e. The lowest BCUT2D eigenvalue weighted by Gasteiger charge is -2.15. The van der Waals surface area contributed by atoms with Gasteiger partial charge in [-0.25, -0.2) is 0 Å². The van der Waals surface area contributed by atoms with Crippen LogP contribution in [0.4, 0.5) is 43.4 Å². The van der Waals surface area contributed by atoms with E-state index in [1.807, 2.05) is 0 Å².